The van der Waals surface area contributed by atoms with Gasteiger partial charge < -0.3 is 5.32 Å². The summed E-state index contributed by atoms with van der Waals surface area (Å²) in [5.41, 5.74) is 0.255. The first-order chi connectivity index (χ1) is 9.50. The molecule has 3 nitrogen and oxygen atoms in total. The zero-order valence-corrected chi connectivity index (χ0v) is 13.6. The summed E-state index contributed by atoms with van der Waals surface area (Å²) in [5.74, 6) is 0.852. The first-order valence-corrected chi connectivity index (χ1v) is 7.92. The highest BCUT2D eigenvalue weighted by Crippen LogP contribution is 2.47. The van der Waals surface area contributed by atoms with Gasteiger partial charge in [0.2, 0.25) is 0 Å². The van der Waals surface area contributed by atoms with Gasteiger partial charge in [0.15, 0.2) is 5.78 Å². The summed E-state index contributed by atoms with van der Waals surface area (Å²) >= 11 is 3.49. The molecule has 0 bridgehead atoms. The average Bonchev–Trinajstić information content (AvgIpc) is 3.20. The molecular formula is C16H21BrN2O. The van der Waals surface area contributed by atoms with Crippen LogP contribution in [0.25, 0.3) is 0 Å². The van der Waals surface area contributed by atoms with Gasteiger partial charge in [-0.3, -0.25) is 10.2 Å². The average molecular weight is 337 g/mol. The second-order valence-electron chi connectivity index (χ2n) is 5.52. The summed E-state index contributed by atoms with van der Waals surface area (Å²) in [7, 11) is 0. The molecule has 108 valence electrons. The van der Waals surface area contributed by atoms with E-state index < -0.39 is 5.54 Å². The van der Waals surface area contributed by atoms with Gasteiger partial charge in [-0.2, -0.15) is 0 Å². The predicted molar refractivity (Wildman–Crippen MR) is 85.0 cm³/mol. The third-order valence-electron chi connectivity index (χ3n) is 3.77. The molecule has 1 aromatic rings. The fourth-order valence-electron chi connectivity index (χ4n) is 2.84. The van der Waals surface area contributed by atoms with Gasteiger partial charge in [-0.15, -0.1) is 0 Å². The molecule has 4 heteroatoms. The van der Waals surface area contributed by atoms with Gasteiger partial charge in [-0.05, 0) is 49.8 Å². The second kappa shape index (κ2) is 6.08. The van der Waals surface area contributed by atoms with Gasteiger partial charge in [0.05, 0.1) is 5.84 Å². The Morgan fingerprint density at radius 3 is 2.70 bits per heavy atom. The minimum Gasteiger partial charge on any atom is -0.358 e. The number of benzene rings is 1. The normalized spacial score (nSPS) is 17.4. The van der Waals surface area contributed by atoms with E-state index in [4.69, 9.17) is 5.41 Å². The number of hydrogen-bond donors (Lipinski definition) is 2. The number of halogens is 1. The van der Waals surface area contributed by atoms with Crippen molar-refractivity contribution < 1.29 is 4.79 Å². The van der Waals surface area contributed by atoms with E-state index in [1.165, 1.54) is 0 Å². The summed E-state index contributed by atoms with van der Waals surface area (Å²) < 4.78 is 0.966. The van der Waals surface area contributed by atoms with Crippen LogP contribution in [0.2, 0.25) is 0 Å². The SMILES string of the molecule is CCCC(=O)[C@](NC(C)=N)(c1cccc(Br)c1)C1CC1. The van der Waals surface area contributed by atoms with E-state index >= 15 is 0 Å². The fourth-order valence-corrected chi connectivity index (χ4v) is 3.24. The van der Waals surface area contributed by atoms with E-state index in [1.54, 1.807) is 6.92 Å². The molecule has 0 spiro atoms. The van der Waals surface area contributed by atoms with Crippen LogP contribution in [0.15, 0.2) is 28.7 Å². The molecule has 2 rings (SSSR count). The number of hydrogen-bond acceptors (Lipinski definition) is 2. The number of ketones is 1. The highest BCUT2D eigenvalue weighted by Gasteiger charge is 2.51. The van der Waals surface area contributed by atoms with Crippen molar-refractivity contribution in [3.05, 3.63) is 34.3 Å². The van der Waals surface area contributed by atoms with Crippen molar-refractivity contribution in [2.75, 3.05) is 0 Å². The number of carbonyl (C=O) groups is 1. The smallest absolute Gasteiger partial charge is 0.163 e. The number of Topliss-reactive ketones (excluding diaryl/α,β-unsaturated/α-hetero) is 1. The molecule has 1 aromatic carbocycles. The number of rotatable bonds is 6. The van der Waals surface area contributed by atoms with Crippen molar-refractivity contribution >= 4 is 27.5 Å². The lowest BCUT2D eigenvalue weighted by Crippen LogP contribution is -2.52. The first kappa shape index (κ1) is 15.2. The minimum atomic E-state index is -0.717. The lowest BCUT2D eigenvalue weighted by molar-refractivity contribution is -0.126. The number of carbonyl (C=O) groups excluding carboxylic acids is 1. The van der Waals surface area contributed by atoms with Crippen LogP contribution in [0.4, 0.5) is 0 Å². The van der Waals surface area contributed by atoms with E-state index in [9.17, 15) is 4.79 Å². The molecule has 1 atom stereocenters. The molecule has 1 aliphatic rings. The maximum atomic E-state index is 12.8. The predicted octanol–water partition coefficient (Wildman–Crippen LogP) is 4.01. The summed E-state index contributed by atoms with van der Waals surface area (Å²) in [6, 6.07) is 7.91. The monoisotopic (exact) mass is 336 g/mol. The highest BCUT2D eigenvalue weighted by atomic mass is 79.9. The van der Waals surface area contributed by atoms with Gasteiger partial charge in [0.25, 0.3) is 0 Å². The zero-order valence-electron chi connectivity index (χ0n) is 12.0. The van der Waals surface area contributed by atoms with Crippen LogP contribution in [0.3, 0.4) is 0 Å². The summed E-state index contributed by atoms with van der Waals surface area (Å²) in [6.07, 6.45) is 3.47. The quantitative estimate of drug-likeness (QED) is 0.609. The fraction of sp³-hybridized carbons (Fsp3) is 0.500. The van der Waals surface area contributed by atoms with Crippen molar-refractivity contribution in [1.82, 2.24) is 5.32 Å². The van der Waals surface area contributed by atoms with Crippen molar-refractivity contribution in [3.63, 3.8) is 0 Å². The van der Waals surface area contributed by atoms with Gasteiger partial charge in [0.1, 0.15) is 5.54 Å². The van der Waals surface area contributed by atoms with Gasteiger partial charge in [0, 0.05) is 10.9 Å². The Morgan fingerprint density at radius 2 is 2.20 bits per heavy atom. The standard InChI is InChI=1S/C16H21BrN2O/c1-3-5-15(20)16(12-8-9-12,19-11(2)18)13-6-4-7-14(17)10-13/h4,6-7,10,12H,3,5,8-9H2,1-2H3,(H2,18,19)/t16-/m1/s1. The van der Waals surface area contributed by atoms with Crippen LogP contribution < -0.4 is 5.32 Å². The van der Waals surface area contributed by atoms with Crippen molar-refractivity contribution in [2.24, 2.45) is 5.92 Å². The van der Waals surface area contributed by atoms with Crippen LogP contribution >= 0.6 is 15.9 Å². The van der Waals surface area contributed by atoms with Crippen LogP contribution in [0, 0.1) is 11.3 Å². The van der Waals surface area contributed by atoms with Crippen LogP contribution in [0.1, 0.15) is 45.1 Å². The lowest BCUT2D eigenvalue weighted by atomic mass is 9.79. The van der Waals surface area contributed by atoms with E-state index in [1.807, 2.05) is 31.2 Å². The summed E-state index contributed by atoms with van der Waals surface area (Å²) in [4.78, 5) is 12.8. The van der Waals surface area contributed by atoms with Crippen molar-refractivity contribution in [1.29, 1.82) is 5.41 Å². The molecule has 1 saturated carbocycles. The van der Waals surface area contributed by atoms with Crippen molar-refractivity contribution in [2.45, 2.75) is 45.1 Å². The zero-order chi connectivity index (χ0) is 14.8. The maximum Gasteiger partial charge on any atom is 0.163 e. The second-order valence-corrected chi connectivity index (χ2v) is 6.43. The van der Waals surface area contributed by atoms with Gasteiger partial charge >= 0.3 is 0 Å². The third-order valence-corrected chi connectivity index (χ3v) is 4.26. The third kappa shape index (κ3) is 2.95. The Kier molecular flexibility index (Phi) is 4.63. The van der Waals surface area contributed by atoms with E-state index in [0.29, 0.717) is 18.2 Å². The van der Waals surface area contributed by atoms with Crippen LogP contribution in [0.5, 0.6) is 0 Å². The Balaban J connectivity index is 2.50. The van der Waals surface area contributed by atoms with E-state index in [2.05, 4.69) is 21.2 Å². The molecule has 0 aliphatic heterocycles. The van der Waals surface area contributed by atoms with E-state index in [0.717, 1.165) is 29.3 Å². The van der Waals surface area contributed by atoms with E-state index in [-0.39, 0.29) is 5.78 Å². The Morgan fingerprint density at radius 1 is 1.50 bits per heavy atom. The van der Waals surface area contributed by atoms with Crippen LogP contribution in [-0.2, 0) is 10.3 Å². The maximum absolute atomic E-state index is 12.8. The molecule has 2 N–H and O–H groups in total. The molecule has 0 amide bonds. The lowest BCUT2D eigenvalue weighted by Gasteiger charge is -2.35. The van der Waals surface area contributed by atoms with Gasteiger partial charge in [-0.1, -0.05) is 35.0 Å². The Labute approximate surface area is 128 Å². The van der Waals surface area contributed by atoms with Crippen LogP contribution in [-0.4, -0.2) is 11.6 Å². The molecule has 1 fully saturated rings. The van der Waals surface area contributed by atoms with Gasteiger partial charge in [-0.25, -0.2) is 0 Å². The molecule has 0 heterocycles. The molecule has 0 saturated heterocycles. The first-order valence-electron chi connectivity index (χ1n) is 7.13. The highest BCUT2D eigenvalue weighted by molar-refractivity contribution is 9.10. The number of amidine groups is 1. The Hall–Kier alpha value is -1.16. The minimum absolute atomic E-state index is 0.201. The topological polar surface area (TPSA) is 53.0 Å². The molecule has 0 aromatic heterocycles. The Bertz CT molecular complexity index is 525. The van der Waals surface area contributed by atoms with Crippen molar-refractivity contribution in [3.8, 4) is 0 Å². The molecule has 20 heavy (non-hydrogen) atoms. The molecule has 1 aliphatic carbocycles. The summed E-state index contributed by atoms with van der Waals surface area (Å²) in [6.45, 7) is 3.72. The molecular weight excluding hydrogens is 316 g/mol. The molecule has 0 radical (unpaired) electrons. The molecule has 0 unspecified atom stereocenters. The number of nitrogens with one attached hydrogen (secondary N) is 2. The summed E-state index contributed by atoms with van der Waals surface area (Å²) in [5, 5.41) is 11.0. The largest absolute Gasteiger partial charge is 0.358 e.